The van der Waals surface area contributed by atoms with Crippen molar-refractivity contribution < 1.29 is 9.59 Å². The fourth-order valence-electron chi connectivity index (χ4n) is 3.02. The van der Waals surface area contributed by atoms with Crippen molar-refractivity contribution in [3.8, 4) is 0 Å². The monoisotopic (exact) mass is 337 g/mol. The van der Waals surface area contributed by atoms with E-state index in [0.717, 1.165) is 22.4 Å². The lowest BCUT2D eigenvalue weighted by Gasteiger charge is -2.27. The molecule has 0 spiro atoms. The summed E-state index contributed by atoms with van der Waals surface area (Å²) in [6, 6.07) is 15.0. The lowest BCUT2D eigenvalue weighted by atomic mass is 9.91. The molecule has 5 heteroatoms. The predicted molar refractivity (Wildman–Crippen MR) is 97.9 cm³/mol. The Morgan fingerprint density at radius 2 is 1.92 bits per heavy atom. The van der Waals surface area contributed by atoms with E-state index in [2.05, 4.69) is 10.6 Å². The van der Waals surface area contributed by atoms with E-state index in [4.69, 9.17) is 5.73 Å². The third-order valence-electron chi connectivity index (χ3n) is 4.72. The van der Waals surface area contributed by atoms with Crippen LogP contribution in [0.3, 0.4) is 0 Å². The van der Waals surface area contributed by atoms with E-state index >= 15 is 0 Å². The second-order valence-electron chi connectivity index (χ2n) is 6.73. The average molecular weight is 337 g/mol. The summed E-state index contributed by atoms with van der Waals surface area (Å²) >= 11 is 0. The minimum Gasteiger partial charge on any atom is -0.348 e. The van der Waals surface area contributed by atoms with Crippen molar-refractivity contribution in [2.75, 3.05) is 5.32 Å². The van der Waals surface area contributed by atoms with E-state index in [1.807, 2.05) is 55.5 Å². The zero-order valence-electron chi connectivity index (χ0n) is 14.5. The number of amides is 2. The molecular weight excluding hydrogens is 314 g/mol. The molecular formula is C20H23N3O2. The van der Waals surface area contributed by atoms with Gasteiger partial charge in [0.1, 0.15) is 5.54 Å². The van der Waals surface area contributed by atoms with Gasteiger partial charge in [0.05, 0.1) is 6.04 Å². The van der Waals surface area contributed by atoms with Crippen LogP contribution in [-0.2, 0) is 21.5 Å². The number of hydrogen-bond acceptors (Lipinski definition) is 3. The summed E-state index contributed by atoms with van der Waals surface area (Å²) in [5, 5.41) is 5.87. The third kappa shape index (κ3) is 3.56. The van der Waals surface area contributed by atoms with E-state index in [-0.39, 0.29) is 17.9 Å². The highest BCUT2D eigenvalue weighted by Crippen LogP contribution is 2.27. The normalized spacial score (nSPS) is 17.0. The Kier molecular flexibility index (Phi) is 4.59. The van der Waals surface area contributed by atoms with Gasteiger partial charge in [-0.2, -0.15) is 0 Å². The number of fused-ring (bicyclic) bond motifs is 1. The van der Waals surface area contributed by atoms with E-state index in [1.54, 1.807) is 6.92 Å². The average Bonchev–Trinajstić information content (AvgIpc) is 2.61. The van der Waals surface area contributed by atoms with Crippen LogP contribution < -0.4 is 16.4 Å². The Bertz CT molecular complexity index is 800. The summed E-state index contributed by atoms with van der Waals surface area (Å²) in [5.74, 6) is -0.180. The zero-order valence-corrected chi connectivity index (χ0v) is 14.5. The van der Waals surface area contributed by atoms with Crippen LogP contribution in [0.1, 0.15) is 43.0 Å². The highest BCUT2D eigenvalue weighted by Gasteiger charge is 2.31. The van der Waals surface area contributed by atoms with Crippen LogP contribution in [0.15, 0.2) is 48.5 Å². The van der Waals surface area contributed by atoms with Gasteiger partial charge in [-0.15, -0.1) is 0 Å². The van der Waals surface area contributed by atoms with Crippen molar-refractivity contribution in [1.82, 2.24) is 5.32 Å². The standard InChI is InChI=1S/C20H23N3O2/c1-13(14-8-10-17-15(12-14)9-11-18(24)23-17)22-19(25)20(2,21)16-6-4-3-5-7-16/h3-8,10,12-13H,9,11,21H2,1-2H3,(H,22,25)(H,23,24). The smallest absolute Gasteiger partial charge is 0.244 e. The van der Waals surface area contributed by atoms with Crippen molar-refractivity contribution in [2.24, 2.45) is 5.73 Å². The van der Waals surface area contributed by atoms with E-state index in [0.29, 0.717) is 12.8 Å². The molecule has 0 bridgehead atoms. The summed E-state index contributed by atoms with van der Waals surface area (Å²) in [7, 11) is 0. The zero-order chi connectivity index (χ0) is 18.0. The van der Waals surface area contributed by atoms with Gasteiger partial charge in [-0.25, -0.2) is 0 Å². The molecule has 3 rings (SSSR count). The molecule has 0 radical (unpaired) electrons. The molecule has 0 aromatic heterocycles. The van der Waals surface area contributed by atoms with Gasteiger partial charge in [0.2, 0.25) is 11.8 Å². The molecule has 130 valence electrons. The van der Waals surface area contributed by atoms with Crippen LogP contribution in [0.25, 0.3) is 0 Å². The number of hydrogen-bond donors (Lipinski definition) is 3. The number of nitrogens with one attached hydrogen (secondary N) is 2. The van der Waals surface area contributed by atoms with Crippen LogP contribution in [-0.4, -0.2) is 11.8 Å². The summed E-state index contributed by atoms with van der Waals surface area (Å²) < 4.78 is 0. The Balaban J connectivity index is 1.75. The molecule has 0 fully saturated rings. The van der Waals surface area contributed by atoms with Crippen LogP contribution in [0.2, 0.25) is 0 Å². The van der Waals surface area contributed by atoms with Gasteiger partial charge in [0, 0.05) is 12.1 Å². The molecule has 0 saturated heterocycles. The molecule has 25 heavy (non-hydrogen) atoms. The lowest BCUT2D eigenvalue weighted by Crippen LogP contribution is -2.49. The van der Waals surface area contributed by atoms with Gasteiger partial charge in [-0.1, -0.05) is 42.5 Å². The Labute approximate surface area is 147 Å². The molecule has 0 aliphatic carbocycles. The minimum absolute atomic E-state index is 0.0448. The second-order valence-corrected chi connectivity index (χ2v) is 6.73. The van der Waals surface area contributed by atoms with Crippen LogP contribution in [0.4, 0.5) is 5.69 Å². The molecule has 2 aromatic carbocycles. The number of anilines is 1. The maximum atomic E-state index is 12.7. The highest BCUT2D eigenvalue weighted by atomic mass is 16.2. The van der Waals surface area contributed by atoms with E-state index in [9.17, 15) is 9.59 Å². The first kappa shape index (κ1) is 17.2. The fourth-order valence-corrected chi connectivity index (χ4v) is 3.02. The van der Waals surface area contributed by atoms with Gasteiger partial charge >= 0.3 is 0 Å². The number of carbonyl (C=O) groups is 2. The van der Waals surface area contributed by atoms with Gasteiger partial charge in [0.15, 0.2) is 0 Å². The summed E-state index contributed by atoms with van der Waals surface area (Å²) in [5.41, 5.74) is 8.89. The molecule has 5 nitrogen and oxygen atoms in total. The summed E-state index contributed by atoms with van der Waals surface area (Å²) in [4.78, 5) is 24.1. The van der Waals surface area contributed by atoms with Crippen LogP contribution >= 0.6 is 0 Å². The van der Waals surface area contributed by atoms with Crippen molar-refractivity contribution >= 4 is 17.5 Å². The van der Waals surface area contributed by atoms with Crippen molar-refractivity contribution in [3.05, 3.63) is 65.2 Å². The molecule has 2 aromatic rings. The maximum Gasteiger partial charge on any atom is 0.244 e. The van der Waals surface area contributed by atoms with Crippen molar-refractivity contribution in [1.29, 1.82) is 0 Å². The first-order chi connectivity index (χ1) is 11.9. The molecule has 1 aliphatic rings. The van der Waals surface area contributed by atoms with Crippen molar-refractivity contribution in [3.63, 3.8) is 0 Å². The topological polar surface area (TPSA) is 84.2 Å². The first-order valence-electron chi connectivity index (χ1n) is 8.46. The molecule has 2 unspecified atom stereocenters. The van der Waals surface area contributed by atoms with Crippen LogP contribution in [0, 0.1) is 0 Å². The predicted octanol–water partition coefficient (Wildman–Crippen LogP) is 2.62. The highest BCUT2D eigenvalue weighted by molar-refractivity contribution is 5.94. The van der Waals surface area contributed by atoms with Gasteiger partial charge < -0.3 is 16.4 Å². The first-order valence-corrected chi connectivity index (χ1v) is 8.46. The fraction of sp³-hybridized carbons (Fsp3) is 0.300. The van der Waals surface area contributed by atoms with Gasteiger partial charge in [0.25, 0.3) is 0 Å². The molecule has 1 aliphatic heterocycles. The summed E-state index contributed by atoms with van der Waals surface area (Å²) in [6.45, 7) is 3.65. The minimum atomic E-state index is -1.10. The molecule has 1 heterocycles. The van der Waals surface area contributed by atoms with Crippen LogP contribution in [0.5, 0.6) is 0 Å². The molecule has 2 amide bonds. The largest absolute Gasteiger partial charge is 0.348 e. The van der Waals surface area contributed by atoms with Gasteiger partial charge in [-0.05, 0) is 43.0 Å². The quantitative estimate of drug-likeness (QED) is 0.802. The maximum absolute atomic E-state index is 12.7. The third-order valence-corrected chi connectivity index (χ3v) is 4.72. The molecule has 0 saturated carbocycles. The number of nitrogens with two attached hydrogens (primary N) is 1. The number of benzene rings is 2. The lowest BCUT2D eigenvalue weighted by molar-refractivity contribution is -0.126. The SMILES string of the molecule is CC(NC(=O)C(C)(N)c1ccccc1)c1ccc2c(c1)CCC(=O)N2. The Hall–Kier alpha value is -2.66. The molecule has 4 N–H and O–H groups in total. The van der Waals surface area contributed by atoms with Gasteiger partial charge in [-0.3, -0.25) is 9.59 Å². The Morgan fingerprint density at radius 1 is 1.20 bits per heavy atom. The summed E-state index contributed by atoms with van der Waals surface area (Å²) in [6.07, 6.45) is 1.21. The van der Waals surface area contributed by atoms with E-state index < -0.39 is 5.54 Å². The second kappa shape index (κ2) is 6.69. The number of aryl methyl sites for hydroxylation is 1. The van der Waals surface area contributed by atoms with E-state index in [1.165, 1.54) is 0 Å². The Morgan fingerprint density at radius 3 is 2.64 bits per heavy atom. The number of carbonyl (C=O) groups excluding carboxylic acids is 2. The number of rotatable bonds is 4. The molecule has 2 atom stereocenters. The van der Waals surface area contributed by atoms with Crippen molar-refractivity contribution in [2.45, 2.75) is 38.3 Å².